The van der Waals surface area contributed by atoms with Crippen molar-refractivity contribution in [1.82, 2.24) is 4.57 Å². The van der Waals surface area contributed by atoms with Crippen LogP contribution < -0.4 is 0 Å². The third kappa shape index (κ3) is 4.26. The maximum absolute atomic E-state index is 8.10. The molecule has 0 amide bonds. The maximum atomic E-state index is 8.10. The van der Waals surface area contributed by atoms with Gasteiger partial charge in [0.1, 0.15) is 0 Å². The molecule has 9 rings (SSSR count). The predicted octanol–water partition coefficient (Wildman–Crippen LogP) is 12.6. The summed E-state index contributed by atoms with van der Waals surface area (Å²) < 4.78 is 2.31. The van der Waals surface area contributed by atoms with Crippen LogP contribution in [0, 0.1) is 6.57 Å². The quantitative estimate of drug-likeness (QED) is 0.141. The Bertz CT molecular complexity index is 2580. The van der Waals surface area contributed by atoms with E-state index in [0.717, 1.165) is 33.4 Å². The van der Waals surface area contributed by atoms with E-state index < -0.39 is 0 Å². The number of para-hydroxylation sites is 2. The first-order valence-electron chi connectivity index (χ1n) is 15.9. The van der Waals surface area contributed by atoms with Crippen LogP contribution >= 0.6 is 0 Å². The second-order valence-electron chi connectivity index (χ2n) is 12.0. The Labute approximate surface area is 273 Å². The number of rotatable bonds is 4. The molecule has 0 atom stereocenters. The minimum absolute atomic E-state index is 0.640. The van der Waals surface area contributed by atoms with E-state index in [4.69, 9.17) is 6.57 Å². The van der Waals surface area contributed by atoms with Gasteiger partial charge < -0.3 is 4.57 Å². The summed E-state index contributed by atoms with van der Waals surface area (Å²) >= 11 is 0. The van der Waals surface area contributed by atoms with E-state index in [1.54, 1.807) is 0 Å². The molecule has 0 N–H and O–H groups in total. The van der Waals surface area contributed by atoms with Gasteiger partial charge in [0.25, 0.3) is 0 Å². The molecule has 0 saturated carbocycles. The minimum atomic E-state index is 0.640. The molecule has 47 heavy (non-hydrogen) atoms. The summed E-state index contributed by atoms with van der Waals surface area (Å²) in [4.78, 5) is 3.98. The van der Waals surface area contributed by atoms with E-state index in [1.807, 2.05) is 6.07 Å². The van der Waals surface area contributed by atoms with Crippen LogP contribution in [-0.4, -0.2) is 4.57 Å². The van der Waals surface area contributed by atoms with Crippen molar-refractivity contribution >= 4 is 49.0 Å². The number of fused-ring (bicyclic) bond motifs is 5. The maximum Gasteiger partial charge on any atom is 0.195 e. The standard InChI is InChI=1S/C45H28N2/c1-46-41-27-26-33(47-42-24-11-9-18-34(42)35-19-10-12-25-43(35)47)29-40(41)31-16-13-17-32(28-31)45-38-22-7-5-20-36(38)44(30-14-3-2-4-15-30)37-21-6-8-23-39(37)45/h2-29H. The number of hydrogen-bond donors (Lipinski definition) is 0. The zero-order chi connectivity index (χ0) is 31.3. The van der Waals surface area contributed by atoms with E-state index in [0.29, 0.717) is 5.69 Å². The summed E-state index contributed by atoms with van der Waals surface area (Å²) in [6, 6.07) is 60.2. The Morgan fingerprint density at radius 2 is 0.851 bits per heavy atom. The number of benzene rings is 8. The molecule has 0 spiro atoms. The molecule has 0 aliphatic rings. The molecule has 0 unspecified atom stereocenters. The normalized spacial score (nSPS) is 11.4. The van der Waals surface area contributed by atoms with Crippen LogP contribution in [0.25, 0.3) is 87.3 Å². The Morgan fingerprint density at radius 1 is 0.383 bits per heavy atom. The van der Waals surface area contributed by atoms with Crippen molar-refractivity contribution in [1.29, 1.82) is 0 Å². The molecule has 9 aromatic rings. The lowest BCUT2D eigenvalue weighted by Gasteiger charge is -2.18. The van der Waals surface area contributed by atoms with Crippen molar-refractivity contribution in [3.8, 4) is 39.1 Å². The van der Waals surface area contributed by atoms with E-state index in [2.05, 4.69) is 173 Å². The zero-order valence-corrected chi connectivity index (χ0v) is 25.6. The average Bonchev–Trinajstić information content (AvgIpc) is 3.48. The largest absolute Gasteiger partial charge is 0.309 e. The van der Waals surface area contributed by atoms with Crippen molar-refractivity contribution in [2.75, 3.05) is 0 Å². The first-order chi connectivity index (χ1) is 23.3. The van der Waals surface area contributed by atoms with Gasteiger partial charge in [-0.15, -0.1) is 0 Å². The molecule has 2 heteroatoms. The van der Waals surface area contributed by atoms with Crippen LogP contribution in [0.1, 0.15) is 0 Å². The average molecular weight is 597 g/mol. The lowest BCUT2D eigenvalue weighted by molar-refractivity contribution is 1.18. The molecule has 0 aliphatic carbocycles. The molecule has 0 saturated heterocycles. The van der Waals surface area contributed by atoms with Gasteiger partial charge >= 0.3 is 0 Å². The number of hydrogen-bond acceptors (Lipinski definition) is 0. The summed E-state index contributed by atoms with van der Waals surface area (Å²) in [5.74, 6) is 0. The first kappa shape index (κ1) is 26.9. The Kier molecular flexibility index (Phi) is 6.23. The highest BCUT2D eigenvalue weighted by Gasteiger charge is 2.18. The molecule has 0 fully saturated rings. The van der Waals surface area contributed by atoms with Gasteiger partial charge in [0.2, 0.25) is 0 Å². The van der Waals surface area contributed by atoms with Crippen molar-refractivity contribution < 1.29 is 0 Å². The molecule has 0 bridgehead atoms. The van der Waals surface area contributed by atoms with E-state index in [1.165, 1.54) is 49.0 Å². The fourth-order valence-corrected chi connectivity index (χ4v) is 7.39. The third-order valence-electron chi connectivity index (χ3n) is 9.40. The Balaban J connectivity index is 1.28. The van der Waals surface area contributed by atoms with Crippen LogP contribution in [0.4, 0.5) is 5.69 Å². The van der Waals surface area contributed by atoms with Gasteiger partial charge in [0, 0.05) is 16.5 Å². The van der Waals surface area contributed by atoms with Crippen molar-refractivity contribution in [2.45, 2.75) is 0 Å². The SMILES string of the molecule is [C-]#[N+]c1ccc(-n2c3ccccc3c3ccccc32)cc1-c1cccc(-c2c3ccccc3c(-c3ccccc3)c3ccccc23)c1. The van der Waals surface area contributed by atoms with Crippen LogP contribution in [-0.2, 0) is 0 Å². The second kappa shape index (κ2) is 10.9. The highest BCUT2D eigenvalue weighted by Crippen LogP contribution is 2.45. The third-order valence-corrected chi connectivity index (χ3v) is 9.40. The van der Waals surface area contributed by atoms with E-state index in [9.17, 15) is 0 Å². The highest BCUT2D eigenvalue weighted by molar-refractivity contribution is 6.21. The van der Waals surface area contributed by atoms with Crippen LogP contribution in [0.3, 0.4) is 0 Å². The first-order valence-corrected chi connectivity index (χ1v) is 15.9. The molecule has 0 radical (unpaired) electrons. The molecule has 0 aliphatic heterocycles. The van der Waals surface area contributed by atoms with Gasteiger partial charge in [0.15, 0.2) is 5.69 Å². The zero-order valence-electron chi connectivity index (χ0n) is 25.6. The van der Waals surface area contributed by atoms with Crippen LogP contribution in [0.2, 0.25) is 0 Å². The smallest absolute Gasteiger partial charge is 0.195 e. The van der Waals surface area contributed by atoms with E-state index in [-0.39, 0.29) is 0 Å². The minimum Gasteiger partial charge on any atom is -0.309 e. The highest BCUT2D eigenvalue weighted by atomic mass is 15.0. The van der Waals surface area contributed by atoms with Crippen molar-refractivity contribution in [3.63, 3.8) is 0 Å². The summed E-state index contributed by atoms with van der Waals surface area (Å²) in [5, 5.41) is 7.33. The lowest BCUT2D eigenvalue weighted by Crippen LogP contribution is -1.94. The van der Waals surface area contributed by atoms with Crippen LogP contribution in [0.15, 0.2) is 170 Å². The molecule has 8 aromatic carbocycles. The summed E-state index contributed by atoms with van der Waals surface area (Å²) in [7, 11) is 0. The predicted molar refractivity (Wildman–Crippen MR) is 198 cm³/mol. The lowest BCUT2D eigenvalue weighted by atomic mass is 9.85. The fraction of sp³-hybridized carbons (Fsp3) is 0. The van der Waals surface area contributed by atoms with Gasteiger partial charge in [-0.2, -0.15) is 0 Å². The van der Waals surface area contributed by atoms with Crippen LogP contribution in [0.5, 0.6) is 0 Å². The molecular weight excluding hydrogens is 569 g/mol. The number of nitrogens with zero attached hydrogens (tertiary/aromatic N) is 2. The Morgan fingerprint density at radius 3 is 1.43 bits per heavy atom. The van der Waals surface area contributed by atoms with E-state index >= 15 is 0 Å². The molecule has 2 nitrogen and oxygen atoms in total. The second-order valence-corrected chi connectivity index (χ2v) is 12.0. The Hall–Kier alpha value is -6.43. The molecule has 218 valence electrons. The van der Waals surface area contributed by atoms with Gasteiger partial charge in [-0.25, -0.2) is 4.85 Å². The van der Waals surface area contributed by atoms with Gasteiger partial charge in [-0.1, -0.05) is 140 Å². The number of aromatic nitrogens is 1. The van der Waals surface area contributed by atoms with Crippen molar-refractivity contribution in [3.05, 3.63) is 181 Å². The molecule has 1 aromatic heterocycles. The monoisotopic (exact) mass is 596 g/mol. The van der Waals surface area contributed by atoms with Crippen molar-refractivity contribution in [2.24, 2.45) is 0 Å². The van der Waals surface area contributed by atoms with Gasteiger partial charge in [-0.05, 0) is 85.3 Å². The summed E-state index contributed by atoms with van der Waals surface area (Å²) in [6.45, 7) is 8.10. The fourth-order valence-electron chi connectivity index (χ4n) is 7.39. The summed E-state index contributed by atoms with van der Waals surface area (Å²) in [6.07, 6.45) is 0. The van der Waals surface area contributed by atoms with Gasteiger partial charge in [0.05, 0.1) is 17.6 Å². The van der Waals surface area contributed by atoms with Gasteiger partial charge in [-0.3, -0.25) is 0 Å². The molecule has 1 heterocycles. The molecular formula is C45H28N2. The topological polar surface area (TPSA) is 9.29 Å². The summed E-state index contributed by atoms with van der Waals surface area (Å²) in [5.41, 5.74) is 10.7.